The van der Waals surface area contributed by atoms with E-state index in [4.69, 9.17) is 9.05 Å². The number of hydrogen-bond acceptors (Lipinski definition) is 5. The molecule has 0 aliphatic carbocycles. The van der Waals surface area contributed by atoms with Gasteiger partial charge in [0.15, 0.2) is 0 Å². The highest BCUT2D eigenvalue weighted by atomic mass is 31.2. The molecule has 9 heteroatoms. The molecule has 0 bridgehead atoms. The lowest BCUT2D eigenvalue weighted by atomic mass is 10.0. The molecule has 3 N–H and O–H groups in total. The summed E-state index contributed by atoms with van der Waals surface area (Å²) in [5, 5.41) is 14.0. The van der Waals surface area contributed by atoms with Crippen molar-refractivity contribution in [3.63, 3.8) is 0 Å². The zero-order chi connectivity index (χ0) is 53.5. The van der Waals surface area contributed by atoms with E-state index in [-0.39, 0.29) is 19.1 Å². The number of carbonyl (C=O) groups is 1. The molecule has 3 unspecified atom stereocenters. The number of nitrogens with one attached hydrogen (secondary N) is 1. The number of carbonyl (C=O) groups excluding carboxylic acids is 1. The van der Waals surface area contributed by atoms with Crippen molar-refractivity contribution in [1.29, 1.82) is 0 Å². The van der Waals surface area contributed by atoms with Crippen molar-refractivity contribution in [2.45, 2.75) is 315 Å². The van der Waals surface area contributed by atoms with Crippen LogP contribution in [0, 0.1) is 0 Å². The molecule has 8 nitrogen and oxygen atoms in total. The van der Waals surface area contributed by atoms with E-state index in [9.17, 15) is 19.4 Å². The maximum Gasteiger partial charge on any atom is 0.472 e. The van der Waals surface area contributed by atoms with E-state index in [2.05, 4.69) is 55.6 Å². The lowest BCUT2D eigenvalue weighted by Crippen LogP contribution is -2.45. The number of quaternary nitrogens is 1. The second kappa shape index (κ2) is 55.2. The molecule has 0 saturated heterocycles. The molecular weight excluding hydrogens is 924 g/mol. The van der Waals surface area contributed by atoms with Gasteiger partial charge in [-0.25, -0.2) is 4.57 Å². The van der Waals surface area contributed by atoms with Gasteiger partial charge in [0.1, 0.15) is 13.2 Å². The van der Waals surface area contributed by atoms with E-state index in [0.717, 1.165) is 44.9 Å². The minimum absolute atomic E-state index is 0.0555. The fraction of sp³-hybridized carbons (Fsp3) is 0.859. The Bertz CT molecular complexity index is 1330. The molecule has 0 aromatic rings. The zero-order valence-electron chi connectivity index (χ0n) is 49.1. The van der Waals surface area contributed by atoms with Gasteiger partial charge >= 0.3 is 7.82 Å². The summed E-state index contributed by atoms with van der Waals surface area (Å²) in [5.74, 6) is -0.186. The Hall–Kier alpha value is -1.54. The number of amides is 1. The Labute approximate surface area is 454 Å². The van der Waals surface area contributed by atoms with E-state index >= 15 is 0 Å². The smallest absolute Gasteiger partial charge is 0.387 e. The van der Waals surface area contributed by atoms with E-state index in [1.54, 1.807) is 6.08 Å². The molecule has 1 amide bonds. The first-order valence-corrected chi connectivity index (χ1v) is 33.0. The maximum absolute atomic E-state index is 13.0. The minimum Gasteiger partial charge on any atom is -0.387 e. The van der Waals surface area contributed by atoms with E-state index < -0.39 is 20.0 Å². The molecule has 0 saturated carbocycles. The second-order valence-corrected chi connectivity index (χ2v) is 24.2. The van der Waals surface area contributed by atoms with Crippen molar-refractivity contribution in [1.82, 2.24) is 5.32 Å². The highest BCUT2D eigenvalue weighted by molar-refractivity contribution is 7.47. The van der Waals surface area contributed by atoms with Crippen LogP contribution in [0.2, 0.25) is 0 Å². The van der Waals surface area contributed by atoms with Gasteiger partial charge in [-0.3, -0.25) is 13.8 Å². The molecule has 0 rings (SSSR count). The lowest BCUT2D eigenvalue weighted by molar-refractivity contribution is -0.870. The van der Waals surface area contributed by atoms with Gasteiger partial charge in [-0.2, -0.15) is 0 Å². The highest BCUT2D eigenvalue weighted by Gasteiger charge is 2.27. The third kappa shape index (κ3) is 58.0. The number of hydrogen-bond donors (Lipinski definition) is 3. The number of likely N-dealkylation sites (N-methyl/N-ethyl adjacent to an activating group) is 1. The van der Waals surface area contributed by atoms with Gasteiger partial charge in [0.05, 0.1) is 39.9 Å². The maximum atomic E-state index is 13.0. The standard InChI is InChI=1S/C64H123N2O6P/c1-6-8-10-12-14-16-18-20-22-24-26-28-30-32-33-34-36-38-40-42-44-46-48-50-52-54-56-58-64(68)65-62(61-72-73(69,70)71-60-59-66(3,4)5)63(67)57-55-53-51-49-47-45-43-41-39-37-35-31-29-27-25-23-21-19-17-15-13-11-9-7-2/h26,28,32-33,47,49,55,57,62-63,67H,6-25,27,29-31,34-46,48,50-54,56,58-61H2,1-5H3,(H-,65,68,69,70)/p+1/b28-26-,33-32-,49-47+,57-55+. The number of aliphatic hydroxyl groups excluding tert-OH is 1. The zero-order valence-corrected chi connectivity index (χ0v) is 50.0. The number of rotatable bonds is 58. The minimum atomic E-state index is -4.36. The molecule has 0 aliphatic heterocycles. The summed E-state index contributed by atoms with van der Waals surface area (Å²) in [6.07, 6.45) is 73.8. The summed E-state index contributed by atoms with van der Waals surface area (Å²) in [6.45, 7) is 4.83. The number of aliphatic hydroxyl groups is 1. The second-order valence-electron chi connectivity index (χ2n) is 22.8. The molecular formula is C64H124N2O6P+. The van der Waals surface area contributed by atoms with Crippen molar-refractivity contribution in [3.8, 4) is 0 Å². The largest absolute Gasteiger partial charge is 0.472 e. The monoisotopic (exact) mass is 1050 g/mol. The van der Waals surface area contributed by atoms with Crippen molar-refractivity contribution in [2.75, 3.05) is 40.9 Å². The first-order valence-electron chi connectivity index (χ1n) is 31.5. The number of allylic oxidation sites excluding steroid dienone is 7. The first kappa shape index (κ1) is 71.5. The van der Waals surface area contributed by atoms with Crippen molar-refractivity contribution in [3.05, 3.63) is 48.6 Å². The summed E-state index contributed by atoms with van der Waals surface area (Å²) in [4.78, 5) is 23.3. The highest BCUT2D eigenvalue weighted by Crippen LogP contribution is 2.43. The van der Waals surface area contributed by atoms with Crippen molar-refractivity contribution < 1.29 is 32.9 Å². The van der Waals surface area contributed by atoms with Crippen LogP contribution in [0.4, 0.5) is 0 Å². The molecule has 0 spiro atoms. The average molecular weight is 1050 g/mol. The van der Waals surface area contributed by atoms with Gasteiger partial charge in [-0.15, -0.1) is 0 Å². The lowest BCUT2D eigenvalue weighted by Gasteiger charge is -2.25. The van der Waals surface area contributed by atoms with Crippen LogP contribution in [0.25, 0.3) is 0 Å². The summed E-state index contributed by atoms with van der Waals surface area (Å²) in [7, 11) is 1.56. The Morgan fingerprint density at radius 3 is 1.18 bits per heavy atom. The van der Waals surface area contributed by atoms with E-state index in [1.165, 1.54) is 238 Å². The summed E-state index contributed by atoms with van der Waals surface area (Å²) < 4.78 is 23.7. The van der Waals surface area contributed by atoms with Crippen LogP contribution in [0.5, 0.6) is 0 Å². The van der Waals surface area contributed by atoms with Crippen LogP contribution in [0.1, 0.15) is 303 Å². The van der Waals surface area contributed by atoms with E-state index in [1.807, 2.05) is 27.2 Å². The number of phosphoric acid groups is 1. The molecule has 0 radical (unpaired) electrons. The van der Waals surface area contributed by atoms with Gasteiger partial charge in [0, 0.05) is 6.42 Å². The molecule has 430 valence electrons. The normalized spacial score (nSPS) is 14.1. The Morgan fingerprint density at radius 2 is 0.795 bits per heavy atom. The van der Waals surface area contributed by atoms with Gasteiger partial charge in [0.2, 0.25) is 5.91 Å². The van der Waals surface area contributed by atoms with Crippen molar-refractivity contribution in [2.24, 2.45) is 0 Å². The molecule has 0 fully saturated rings. The molecule has 0 aromatic heterocycles. The fourth-order valence-electron chi connectivity index (χ4n) is 9.33. The number of phosphoric ester groups is 1. The predicted octanol–water partition coefficient (Wildman–Crippen LogP) is 19.5. The molecule has 0 heterocycles. The predicted molar refractivity (Wildman–Crippen MR) is 318 cm³/mol. The van der Waals surface area contributed by atoms with Gasteiger partial charge in [-0.05, 0) is 64.2 Å². The summed E-state index contributed by atoms with van der Waals surface area (Å²) >= 11 is 0. The molecule has 0 aliphatic rings. The van der Waals surface area contributed by atoms with Crippen molar-refractivity contribution >= 4 is 13.7 Å². The summed E-state index contributed by atoms with van der Waals surface area (Å²) in [5.41, 5.74) is 0. The Morgan fingerprint density at radius 1 is 0.466 bits per heavy atom. The third-order valence-electron chi connectivity index (χ3n) is 14.3. The van der Waals surface area contributed by atoms with Crippen LogP contribution in [0.15, 0.2) is 48.6 Å². The van der Waals surface area contributed by atoms with Gasteiger partial charge in [-0.1, -0.05) is 281 Å². The Balaban J connectivity index is 4.19. The van der Waals surface area contributed by atoms with Gasteiger partial charge < -0.3 is 19.8 Å². The van der Waals surface area contributed by atoms with Crippen LogP contribution in [-0.2, 0) is 18.4 Å². The first-order chi connectivity index (χ1) is 35.5. The SMILES string of the molecule is CCCCCCCCCCC/C=C\C/C=C\CCCCCCCCCCCCCC(=O)NC(COP(=O)(O)OCC[N+](C)(C)C)C(O)/C=C/CC/C=C/CCCCCCCCCCCCCCCCCCCC. The quantitative estimate of drug-likeness (QED) is 0.0243. The van der Waals surface area contributed by atoms with E-state index in [0.29, 0.717) is 17.4 Å². The Kier molecular flexibility index (Phi) is 54.1. The third-order valence-corrected chi connectivity index (χ3v) is 15.3. The number of unbranched alkanes of at least 4 members (excludes halogenated alkanes) is 39. The van der Waals surface area contributed by atoms with Crippen LogP contribution in [-0.4, -0.2) is 73.4 Å². The average Bonchev–Trinajstić information content (AvgIpc) is 3.35. The molecule has 0 aromatic carbocycles. The molecule has 73 heavy (non-hydrogen) atoms. The fourth-order valence-corrected chi connectivity index (χ4v) is 10.1. The van der Waals surface area contributed by atoms with Crippen LogP contribution < -0.4 is 5.32 Å². The topological polar surface area (TPSA) is 105 Å². The number of nitrogens with zero attached hydrogens (tertiary/aromatic N) is 1. The van der Waals surface area contributed by atoms with Crippen LogP contribution >= 0.6 is 7.82 Å². The molecule has 3 atom stereocenters. The summed E-state index contributed by atoms with van der Waals surface area (Å²) in [6, 6.07) is -0.867. The van der Waals surface area contributed by atoms with Gasteiger partial charge in [0.25, 0.3) is 0 Å². The van der Waals surface area contributed by atoms with Crippen LogP contribution in [0.3, 0.4) is 0 Å².